The summed E-state index contributed by atoms with van der Waals surface area (Å²) in [5.74, 6) is 0.619. The standard InChI is InChI=1S/C11H17N3O/c1-15-9-4-7-14(8-5-9)10-3-2-6-13-11(10)12/h2-3,6,9H,4-5,7-8H2,1H3,(H2,12,13). The number of aromatic nitrogens is 1. The number of anilines is 2. The molecule has 0 saturated carbocycles. The van der Waals surface area contributed by atoms with Crippen LogP contribution in [0.4, 0.5) is 11.5 Å². The highest BCUT2D eigenvalue weighted by molar-refractivity contribution is 5.63. The number of hydrogen-bond acceptors (Lipinski definition) is 4. The molecule has 0 bridgehead atoms. The van der Waals surface area contributed by atoms with E-state index in [0.29, 0.717) is 11.9 Å². The molecule has 4 nitrogen and oxygen atoms in total. The first-order chi connectivity index (χ1) is 7.31. The molecule has 0 atom stereocenters. The van der Waals surface area contributed by atoms with Gasteiger partial charge in [-0.3, -0.25) is 0 Å². The fraction of sp³-hybridized carbons (Fsp3) is 0.545. The third kappa shape index (κ3) is 2.21. The molecule has 15 heavy (non-hydrogen) atoms. The van der Waals surface area contributed by atoms with Gasteiger partial charge in [0.1, 0.15) is 5.82 Å². The van der Waals surface area contributed by atoms with Gasteiger partial charge in [0.15, 0.2) is 0 Å². The molecule has 1 aromatic rings. The first-order valence-electron chi connectivity index (χ1n) is 5.29. The lowest BCUT2D eigenvalue weighted by Gasteiger charge is -2.33. The van der Waals surface area contributed by atoms with E-state index in [-0.39, 0.29) is 0 Å². The van der Waals surface area contributed by atoms with Crippen molar-refractivity contribution < 1.29 is 4.74 Å². The van der Waals surface area contributed by atoms with Gasteiger partial charge < -0.3 is 15.4 Å². The highest BCUT2D eigenvalue weighted by atomic mass is 16.5. The van der Waals surface area contributed by atoms with E-state index in [4.69, 9.17) is 10.5 Å². The Hall–Kier alpha value is -1.29. The number of nitrogens with two attached hydrogens (primary N) is 1. The molecule has 0 radical (unpaired) electrons. The summed E-state index contributed by atoms with van der Waals surface area (Å²) < 4.78 is 5.33. The van der Waals surface area contributed by atoms with Crippen LogP contribution in [0.25, 0.3) is 0 Å². The summed E-state index contributed by atoms with van der Waals surface area (Å²) >= 11 is 0. The fourth-order valence-corrected chi connectivity index (χ4v) is 2.01. The van der Waals surface area contributed by atoms with Gasteiger partial charge in [-0.1, -0.05) is 0 Å². The molecule has 82 valence electrons. The molecule has 1 saturated heterocycles. The van der Waals surface area contributed by atoms with Crippen LogP contribution in [0.5, 0.6) is 0 Å². The van der Waals surface area contributed by atoms with Gasteiger partial charge in [0, 0.05) is 26.4 Å². The SMILES string of the molecule is COC1CCN(c2cccnc2N)CC1. The smallest absolute Gasteiger partial charge is 0.146 e. The maximum atomic E-state index is 5.83. The molecule has 2 heterocycles. The van der Waals surface area contributed by atoms with E-state index in [2.05, 4.69) is 9.88 Å². The monoisotopic (exact) mass is 207 g/mol. The van der Waals surface area contributed by atoms with E-state index >= 15 is 0 Å². The third-order valence-electron chi connectivity index (χ3n) is 2.93. The van der Waals surface area contributed by atoms with Crippen LogP contribution in [0.1, 0.15) is 12.8 Å². The van der Waals surface area contributed by atoms with Crippen molar-refractivity contribution in [1.82, 2.24) is 4.98 Å². The minimum Gasteiger partial charge on any atom is -0.382 e. The molecule has 4 heteroatoms. The van der Waals surface area contributed by atoms with E-state index in [1.807, 2.05) is 12.1 Å². The number of ether oxygens (including phenoxy) is 1. The summed E-state index contributed by atoms with van der Waals surface area (Å²) in [5.41, 5.74) is 6.88. The van der Waals surface area contributed by atoms with Crippen LogP contribution in [-0.2, 0) is 4.74 Å². The second-order valence-corrected chi connectivity index (χ2v) is 3.83. The molecular weight excluding hydrogens is 190 g/mol. The van der Waals surface area contributed by atoms with Gasteiger partial charge in [0.25, 0.3) is 0 Å². The summed E-state index contributed by atoms with van der Waals surface area (Å²) in [4.78, 5) is 6.37. The second-order valence-electron chi connectivity index (χ2n) is 3.83. The Kier molecular flexibility index (Phi) is 3.06. The summed E-state index contributed by atoms with van der Waals surface area (Å²) in [6.45, 7) is 1.99. The zero-order valence-corrected chi connectivity index (χ0v) is 9.02. The van der Waals surface area contributed by atoms with Crippen molar-refractivity contribution in [1.29, 1.82) is 0 Å². The molecule has 1 aromatic heterocycles. The highest BCUT2D eigenvalue weighted by Gasteiger charge is 2.20. The van der Waals surface area contributed by atoms with E-state index in [1.54, 1.807) is 13.3 Å². The van der Waals surface area contributed by atoms with E-state index < -0.39 is 0 Å². The quantitative estimate of drug-likeness (QED) is 0.793. The highest BCUT2D eigenvalue weighted by Crippen LogP contribution is 2.24. The number of methoxy groups -OCH3 is 1. The summed E-state index contributed by atoms with van der Waals surface area (Å²) in [7, 11) is 1.78. The molecule has 2 rings (SSSR count). The van der Waals surface area contributed by atoms with Crippen molar-refractivity contribution in [3.63, 3.8) is 0 Å². The van der Waals surface area contributed by atoms with E-state index in [9.17, 15) is 0 Å². The number of nitrogen functional groups attached to an aromatic ring is 1. The van der Waals surface area contributed by atoms with Crippen LogP contribution in [0.15, 0.2) is 18.3 Å². The van der Waals surface area contributed by atoms with Gasteiger partial charge >= 0.3 is 0 Å². The van der Waals surface area contributed by atoms with Gasteiger partial charge in [-0.25, -0.2) is 4.98 Å². The maximum Gasteiger partial charge on any atom is 0.146 e. The lowest BCUT2D eigenvalue weighted by molar-refractivity contribution is 0.0819. The van der Waals surface area contributed by atoms with Crippen LogP contribution in [0.3, 0.4) is 0 Å². The number of hydrogen-bond donors (Lipinski definition) is 1. The lowest BCUT2D eigenvalue weighted by Crippen LogP contribution is -2.37. The fourth-order valence-electron chi connectivity index (χ4n) is 2.01. The molecule has 1 aliphatic heterocycles. The van der Waals surface area contributed by atoms with Crippen molar-refractivity contribution in [2.75, 3.05) is 30.8 Å². The van der Waals surface area contributed by atoms with Gasteiger partial charge in [0.2, 0.25) is 0 Å². The van der Waals surface area contributed by atoms with Gasteiger partial charge in [-0.05, 0) is 25.0 Å². The molecule has 0 amide bonds. The second kappa shape index (κ2) is 4.49. The average Bonchev–Trinajstić information content (AvgIpc) is 2.30. The zero-order valence-electron chi connectivity index (χ0n) is 9.02. The van der Waals surface area contributed by atoms with Crippen LogP contribution in [0.2, 0.25) is 0 Å². The van der Waals surface area contributed by atoms with Crippen molar-refractivity contribution in [2.24, 2.45) is 0 Å². The largest absolute Gasteiger partial charge is 0.382 e. The Morgan fingerprint density at radius 1 is 1.47 bits per heavy atom. The van der Waals surface area contributed by atoms with Gasteiger partial charge in [-0.15, -0.1) is 0 Å². The minimum absolute atomic E-state index is 0.402. The number of rotatable bonds is 2. The van der Waals surface area contributed by atoms with Crippen LogP contribution in [-0.4, -0.2) is 31.3 Å². The molecule has 0 unspecified atom stereocenters. The first kappa shape index (κ1) is 10.2. The summed E-state index contributed by atoms with van der Waals surface area (Å²) in [6, 6.07) is 3.95. The number of nitrogens with zero attached hydrogens (tertiary/aromatic N) is 2. The molecular formula is C11H17N3O. The average molecular weight is 207 g/mol. The van der Waals surface area contributed by atoms with Crippen molar-refractivity contribution >= 4 is 11.5 Å². The Bertz CT molecular complexity index is 321. The predicted molar refractivity (Wildman–Crippen MR) is 60.9 cm³/mol. The number of pyridine rings is 1. The molecule has 0 aliphatic carbocycles. The maximum absolute atomic E-state index is 5.83. The lowest BCUT2D eigenvalue weighted by atomic mass is 10.1. The number of piperidine rings is 1. The topological polar surface area (TPSA) is 51.4 Å². The molecule has 2 N–H and O–H groups in total. The van der Waals surface area contributed by atoms with E-state index in [0.717, 1.165) is 31.6 Å². The van der Waals surface area contributed by atoms with Gasteiger partial charge in [0.05, 0.1) is 11.8 Å². The van der Waals surface area contributed by atoms with Crippen molar-refractivity contribution in [3.05, 3.63) is 18.3 Å². The Balaban J connectivity index is 2.04. The van der Waals surface area contributed by atoms with Crippen molar-refractivity contribution in [2.45, 2.75) is 18.9 Å². The predicted octanol–water partition coefficient (Wildman–Crippen LogP) is 1.28. The van der Waals surface area contributed by atoms with Crippen molar-refractivity contribution in [3.8, 4) is 0 Å². The molecule has 1 aliphatic rings. The van der Waals surface area contributed by atoms with Crippen LogP contribution >= 0.6 is 0 Å². The van der Waals surface area contributed by atoms with Gasteiger partial charge in [-0.2, -0.15) is 0 Å². The summed E-state index contributed by atoms with van der Waals surface area (Å²) in [5, 5.41) is 0. The Labute approximate surface area is 90.0 Å². The normalized spacial score (nSPS) is 18.1. The Morgan fingerprint density at radius 3 is 2.80 bits per heavy atom. The first-order valence-corrected chi connectivity index (χ1v) is 5.29. The summed E-state index contributed by atoms with van der Waals surface area (Å²) in [6.07, 6.45) is 4.25. The zero-order chi connectivity index (χ0) is 10.7. The van der Waals surface area contributed by atoms with Crippen LogP contribution < -0.4 is 10.6 Å². The molecule has 0 aromatic carbocycles. The van der Waals surface area contributed by atoms with E-state index in [1.165, 1.54) is 0 Å². The third-order valence-corrected chi connectivity index (χ3v) is 2.93. The minimum atomic E-state index is 0.402. The molecule has 1 fully saturated rings. The van der Waals surface area contributed by atoms with Crippen LogP contribution in [0, 0.1) is 0 Å². The Morgan fingerprint density at radius 2 is 2.20 bits per heavy atom. The molecule has 0 spiro atoms.